The van der Waals surface area contributed by atoms with Crippen LogP contribution in [0.15, 0.2) is 76.8 Å². The number of ketones is 1. The lowest BCUT2D eigenvalue weighted by Crippen LogP contribution is -2.53. The number of nitrogens with zero attached hydrogens (tertiary/aromatic N) is 4. The molecule has 1 atom stereocenters. The van der Waals surface area contributed by atoms with Gasteiger partial charge in [0.1, 0.15) is 5.82 Å². The number of piperidine rings is 1. The molecule has 37 heavy (non-hydrogen) atoms. The van der Waals surface area contributed by atoms with Crippen LogP contribution < -0.4 is 0 Å². The first-order valence-corrected chi connectivity index (χ1v) is 14.2. The standard InChI is InChI=1S/C26H20ClFN4O3S2/c27-19-2-1-3-22(13-19)37(34,35)31-10-8-18-12-23-17(15-30-32(23)21-6-4-20(28)5-7-21)14-26(18,16-31)24(33)25-29-9-11-36-25/h1-7,9,11-13,15H,8,10,14,16H2/t26-/m0/s1. The zero-order chi connectivity index (χ0) is 25.8. The van der Waals surface area contributed by atoms with Crippen molar-refractivity contribution in [1.29, 1.82) is 0 Å². The Kier molecular flexibility index (Phi) is 5.87. The molecule has 1 aliphatic carbocycles. The zero-order valence-electron chi connectivity index (χ0n) is 19.3. The van der Waals surface area contributed by atoms with Crippen LogP contribution in [0, 0.1) is 11.2 Å². The van der Waals surface area contributed by atoms with Crippen LogP contribution >= 0.6 is 22.9 Å². The van der Waals surface area contributed by atoms with E-state index in [4.69, 9.17) is 11.6 Å². The summed E-state index contributed by atoms with van der Waals surface area (Å²) < 4.78 is 43.8. The second kappa shape index (κ2) is 8.98. The van der Waals surface area contributed by atoms with Crippen molar-refractivity contribution in [3.63, 3.8) is 0 Å². The highest BCUT2D eigenvalue weighted by molar-refractivity contribution is 7.89. The molecule has 1 aliphatic heterocycles. The summed E-state index contributed by atoms with van der Waals surface area (Å²) in [6, 6.07) is 12.2. The lowest BCUT2D eigenvalue weighted by Gasteiger charge is -2.44. The van der Waals surface area contributed by atoms with E-state index >= 15 is 0 Å². The van der Waals surface area contributed by atoms with Gasteiger partial charge in [-0.2, -0.15) is 9.40 Å². The third kappa shape index (κ3) is 4.04. The smallest absolute Gasteiger partial charge is 0.243 e. The van der Waals surface area contributed by atoms with E-state index in [1.807, 2.05) is 6.08 Å². The summed E-state index contributed by atoms with van der Waals surface area (Å²) >= 11 is 7.32. The quantitative estimate of drug-likeness (QED) is 0.323. The Balaban J connectivity index is 1.44. The second-order valence-electron chi connectivity index (χ2n) is 9.08. The Hall–Kier alpha value is -3.18. The van der Waals surface area contributed by atoms with E-state index in [-0.39, 0.29) is 36.0 Å². The molecule has 11 heteroatoms. The average Bonchev–Trinajstić information content (AvgIpc) is 3.57. The highest BCUT2D eigenvalue weighted by Gasteiger charge is 2.51. The van der Waals surface area contributed by atoms with Crippen molar-refractivity contribution in [3.05, 3.63) is 99.0 Å². The summed E-state index contributed by atoms with van der Waals surface area (Å²) in [6.07, 6.45) is 5.83. The van der Waals surface area contributed by atoms with Crippen LogP contribution in [0.25, 0.3) is 11.8 Å². The maximum absolute atomic E-state index is 14.0. The molecule has 2 aromatic heterocycles. The van der Waals surface area contributed by atoms with E-state index in [2.05, 4.69) is 10.1 Å². The Morgan fingerprint density at radius 2 is 1.97 bits per heavy atom. The molecule has 0 radical (unpaired) electrons. The normalized spacial score (nSPS) is 19.7. The van der Waals surface area contributed by atoms with Gasteiger partial charge in [-0.25, -0.2) is 22.5 Å². The number of carbonyl (C=O) groups is 1. The number of Topliss-reactive ketones (excluding diaryl/α,β-unsaturated/α-hetero) is 1. The fourth-order valence-corrected chi connectivity index (χ4v) is 7.60. The minimum Gasteiger partial charge on any atom is -0.290 e. The predicted molar refractivity (Wildman–Crippen MR) is 139 cm³/mol. The number of fused-ring (bicyclic) bond motifs is 2. The number of halogens is 2. The fraction of sp³-hybridized carbons (Fsp3) is 0.192. The number of carbonyl (C=O) groups excluding carboxylic acids is 1. The number of aromatic nitrogens is 3. The van der Waals surface area contributed by atoms with Gasteiger partial charge in [-0.3, -0.25) is 4.79 Å². The minimum absolute atomic E-state index is 0.0206. The molecule has 0 amide bonds. The molecule has 0 N–H and O–H groups in total. The molecule has 0 unspecified atom stereocenters. The van der Waals surface area contributed by atoms with Gasteiger partial charge >= 0.3 is 0 Å². The highest BCUT2D eigenvalue weighted by Crippen LogP contribution is 2.47. The van der Waals surface area contributed by atoms with Gasteiger partial charge in [-0.15, -0.1) is 11.3 Å². The van der Waals surface area contributed by atoms with Crippen LogP contribution in [0.5, 0.6) is 0 Å². The highest BCUT2D eigenvalue weighted by atomic mass is 35.5. The van der Waals surface area contributed by atoms with E-state index in [1.165, 1.54) is 39.9 Å². The molecule has 0 spiro atoms. The topological polar surface area (TPSA) is 85.2 Å². The molecule has 2 aliphatic rings. The van der Waals surface area contributed by atoms with Gasteiger partial charge in [-0.05, 0) is 66.9 Å². The molecular formula is C26H20ClFN4O3S2. The van der Waals surface area contributed by atoms with Gasteiger partial charge < -0.3 is 0 Å². The van der Waals surface area contributed by atoms with Crippen molar-refractivity contribution in [2.24, 2.45) is 5.41 Å². The first-order valence-electron chi connectivity index (χ1n) is 11.5. The van der Waals surface area contributed by atoms with Crippen molar-refractivity contribution < 1.29 is 17.6 Å². The van der Waals surface area contributed by atoms with Gasteiger partial charge in [0.05, 0.1) is 27.9 Å². The lowest BCUT2D eigenvalue weighted by atomic mass is 9.66. The minimum atomic E-state index is -3.90. The molecule has 0 saturated carbocycles. The van der Waals surface area contributed by atoms with E-state index in [1.54, 1.807) is 46.7 Å². The molecular weight excluding hydrogens is 535 g/mol. The molecule has 1 fully saturated rings. The first kappa shape index (κ1) is 24.2. The van der Waals surface area contributed by atoms with Crippen LogP contribution in [0.1, 0.15) is 27.5 Å². The Labute approximate surface area is 221 Å². The second-order valence-corrected chi connectivity index (χ2v) is 12.4. The summed E-state index contributed by atoms with van der Waals surface area (Å²) in [6.45, 7) is 0.195. The number of rotatable bonds is 5. The van der Waals surface area contributed by atoms with Crippen LogP contribution in [-0.4, -0.2) is 46.4 Å². The Bertz CT molecular complexity index is 1650. The van der Waals surface area contributed by atoms with Crippen molar-refractivity contribution in [1.82, 2.24) is 19.1 Å². The molecule has 188 valence electrons. The number of hydrogen-bond donors (Lipinski definition) is 0. The van der Waals surface area contributed by atoms with Crippen LogP contribution in [0.4, 0.5) is 4.39 Å². The summed E-state index contributed by atoms with van der Waals surface area (Å²) in [7, 11) is -3.90. The zero-order valence-corrected chi connectivity index (χ0v) is 21.7. The number of hydrogen-bond acceptors (Lipinski definition) is 6. The summed E-state index contributed by atoms with van der Waals surface area (Å²) in [5.74, 6) is -0.551. The largest absolute Gasteiger partial charge is 0.290 e. The molecule has 6 rings (SSSR count). The predicted octanol–water partition coefficient (Wildman–Crippen LogP) is 5.02. The summed E-state index contributed by atoms with van der Waals surface area (Å²) in [4.78, 5) is 18.3. The van der Waals surface area contributed by atoms with Gasteiger partial charge in [0.15, 0.2) is 5.01 Å². The summed E-state index contributed by atoms with van der Waals surface area (Å²) in [5, 5.41) is 6.90. The maximum Gasteiger partial charge on any atom is 0.243 e. The summed E-state index contributed by atoms with van der Waals surface area (Å²) in [5.41, 5.74) is 2.02. The molecule has 7 nitrogen and oxygen atoms in total. The van der Waals surface area contributed by atoms with Crippen LogP contribution in [0.2, 0.25) is 5.02 Å². The van der Waals surface area contributed by atoms with Crippen LogP contribution in [-0.2, 0) is 16.4 Å². The average molecular weight is 555 g/mol. The first-order chi connectivity index (χ1) is 17.8. The monoisotopic (exact) mass is 554 g/mol. The maximum atomic E-state index is 14.0. The van der Waals surface area contributed by atoms with Gasteiger partial charge in [-0.1, -0.05) is 23.2 Å². The Morgan fingerprint density at radius 3 is 2.70 bits per heavy atom. The SMILES string of the molecule is O=C(c1nccs1)[C@]12Cc3cnn(-c4ccc(F)cc4)c3C=C1CCN(S(=O)(=O)c1cccc(Cl)c1)C2. The van der Waals surface area contributed by atoms with Crippen molar-refractivity contribution >= 4 is 44.8 Å². The molecule has 3 heterocycles. The third-order valence-corrected chi connectivity index (χ3v) is 9.80. The molecule has 2 aromatic carbocycles. The van der Waals surface area contributed by atoms with Gasteiger partial charge in [0.25, 0.3) is 0 Å². The molecule has 0 bridgehead atoms. The van der Waals surface area contributed by atoms with Crippen molar-refractivity contribution in [2.75, 3.05) is 13.1 Å². The van der Waals surface area contributed by atoms with Crippen molar-refractivity contribution in [2.45, 2.75) is 17.7 Å². The van der Waals surface area contributed by atoms with Crippen LogP contribution in [0.3, 0.4) is 0 Å². The third-order valence-electron chi connectivity index (χ3n) is 6.95. The van der Waals surface area contributed by atoms with E-state index in [0.717, 1.165) is 16.8 Å². The number of benzene rings is 2. The van der Waals surface area contributed by atoms with Gasteiger partial charge in [0, 0.05) is 29.7 Å². The fourth-order valence-electron chi connectivity index (χ4n) is 5.13. The molecule has 4 aromatic rings. The van der Waals surface area contributed by atoms with Gasteiger partial charge in [0.2, 0.25) is 15.8 Å². The molecule has 1 saturated heterocycles. The van der Waals surface area contributed by atoms with E-state index in [9.17, 15) is 17.6 Å². The number of sulfonamides is 1. The van der Waals surface area contributed by atoms with E-state index < -0.39 is 15.4 Å². The lowest BCUT2D eigenvalue weighted by molar-refractivity contribution is 0.0775. The van der Waals surface area contributed by atoms with Crippen molar-refractivity contribution in [3.8, 4) is 5.69 Å². The number of thiazole rings is 1. The van der Waals surface area contributed by atoms with E-state index in [0.29, 0.717) is 22.1 Å². The Morgan fingerprint density at radius 1 is 1.16 bits per heavy atom.